The van der Waals surface area contributed by atoms with Gasteiger partial charge in [-0.15, -0.1) is 0 Å². The summed E-state index contributed by atoms with van der Waals surface area (Å²) in [4.78, 5) is 12.5. The van der Waals surface area contributed by atoms with Crippen LogP contribution in [0.15, 0.2) is 11.8 Å². The molecule has 40 heavy (non-hydrogen) atoms. The van der Waals surface area contributed by atoms with E-state index in [1.54, 1.807) is 13.1 Å². The number of aliphatic hydroxyl groups excluding tert-OH is 4. The molecule has 0 unspecified atom stereocenters. The second-order valence-corrected chi connectivity index (χ2v) is 10.7. The zero-order chi connectivity index (χ0) is 29.6. The standard InChI is InChI=1S/C24H46N6O10/c1-24(36)10-37-23(17(34)20(24)28-2)40-19-14(30-21(35)15(32)8-25)7-13(27)18(16(19)33)39-22-12(26)4-3-11(38-22)9-29-5-6-31/h3,12-20,22-23,28-29,31-34,36H,4-10,25-27H2,1-2H3,(H,30,35)/t12-,13+,14-,15-,16+,17-,18-,19+,20-,22-,23-,24+/m1/s1. The van der Waals surface area contributed by atoms with Gasteiger partial charge in [-0.05, 0) is 32.9 Å². The number of hydrogen-bond acceptors (Lipinski definition) is 15. The quantitative estimate of drug-likeness (QED) is 0.0963. The van der Waals surface area contributed by atoms with Gasteiger partial charge in [0.15, 0.2) is 6.29 Å². The molecule has 2 heterocycles. The number of nitrogens with two attached hydrogens (primary N) is 3. The molecule has 0 aromatic carbocycles. The highest BCUT2D eigenvalue weighted by atomic mass is 16.7. The molecular weight excluding hydrogens is 532 g/mol. The number of carbonyl (C=O) groups excluding carboxylic acids is 1. The summed E-state index contributed by atoms with van der Waals surface area (Å²) in [5.41, 5.74) is 16.6. The first kappa shape index (κ1) is 33.0. The second-order valence-electron chi connectivity index (χ2n) is 10.7. The SMILES string of the molecule is CN[C@@H]1[C@@H](O)[C@@H](O[C@@H]2[C@@H](O)[C@H](O[C@H]3OC(CNCCO)=CC[C@H]3N)[C@@H](N)C[C@H]2NC(=O)[C@H](O)CN)OC[C@]1(C)O. The van der Waals surface area contributed by atoms with Crippen LogP contribution in [0.4, 0.5) is 0 Å². The maximum absolute atomic E-state index is 12.5. The van der Waals surface area contributed by atoms with Gasteiger partial charge in [0.25, 0.3) is 0 Å². The van der Waals surface area contributed by atoms with E-state index in [1.807, 2.05) is 0 Å². The maximum Gasteiger partial charge on any atom is 0.250 e. The first-order valence-electron chi connectivity index (χ1n) is 13.5. The molecule has 2 aliphatic heterocycles. The molecule has 0 aromatic rings. The van der Waals surface area contributed by atoms with Crippen LogP contribution in [0.25, 0.3) is 0 Å². The van der Waals surface area contributed by atoms with E-state index in [0.717, 1.165) is 0 Å². The van der Waals surface area contributed by atoms with Gasteiger partial charge in [0, 0.05) is 19.1 Å². The van der Waals surface area contributed by atoms with E-state index in [1.165, 1.54) is 6.92 Å². The van der Waals surface area contributed by atoms with E-state index in [4.69, 9.17) is 41.3 Å². The minimum atomic E-state index is -1.50. The highest BCUT2D eigenvalue weighted by Gasteiger charge is 2.51. The van der Waals surface area contributed by atoms with E-state index >= 15 is 0 Å². The second kappa shape index (κ2) is 14.6. The van der Waals surface area contributed by atoms with Crippen LogP contribution in [-0.2, 0) is 23.7 Å². The maximum atomic E-state index is 12.5. The molecule has 14 N–H and O–H groups in total. The third-order valence-electron chi connectivity index (χ3n) is 7.42. The van der Waals surface area contributed by atoms with E-state index < -0.39 is 78.8 Å². The average Bonchev–Trinajstić information content (AvgIpc) is 2.91. The summed E-state index contributed by atoms with van der Waals surface area (Å²) in [5.74, 6) is -0.236. The Labute approximate surface area is 233 Å². The van der Waals surface area contributed by atoms with Crippen LogP contribution in [0, 0.1) is 0 Å². The molecule has 0 spiro atoms. The van der Waals surface area contributed by atoms with E-state index in [-0.39, 0.29) is 26.2 Å². The normalized spacial score (nSPS) is 41.1. The van der Waals surface area contributed by atoms with E-state index in [0.29, 0.717) is 25.3 Å². The van der Waals surface area contributed by atoms with Gasteiger partial charge in [-0.3, -0.25) is 4.79 Å². The Morgan fingerprint density at radius 2 is 1.90 bits per heavy atom. The van der Waals surface area contributed by atoms with Crippen molar-refractivity contribution in [2.45, 2.75) is 92.6 Å². The summed E-state index contributed by atoms with van der Waals surface area (Å²) < 4.78 is 23.6. The van der Waals surface area contributed by atoms with Gasteiger partial charge in [0.05, 0.1) is 37.9 Å². The molecular formula is C24H46N6O10. The molecule has 3 rings (SSSR count). The summed E-state index contributed by atoms with van der Waals surface area (Å²) in [6.45, 7) is 1.66. The largest absolute Gasteiger partial charge is 0.467 e. The van der Waals surface area contributed by atoms with Crippen molar-refractivity contribution < 1.29 is 49.3 Å². The molecule has 3 aliphatic rings. The number of rotatable bonds is 12. The number of hydrogen-bond donors (Lipinski definition) is 11. The lowest BCUT2D eigenvalue weighted by Gasteiger charge is -2.48. The predicted molar refractivity (Wildman–Crippen MR) is 140 cm³/mol. The fraction of sp³-hybridized carbons (Fsp3) is 0.875. The summed E-state index contributed by atoms with van der Waals surface area (Å²) in [5, 5.41) is 60.3. The van der Waals surface area contributed by atoms with E-state index in [2.05, 4.69) is 16.0 Å². The summed E-state index contributed by atoms with van der Waals surface area (Å²) in [6, 6.07) is -3.15. The Morgan fingerprint density at radius 1 is 1.20 bits per heavy atom. The molecule has 1 amide bonds. The van der Waals surface area contributed by atoms with Crippen LogP contribution in [0.3, 0.4) is 0 Å². The Morgan fingerprint density at radius 3 is 2.55 bits per heavy atom. The number of nitrogens with one attached hydrogen (secondary N) is 3. The van der Waals surface area contributed by atoms with Crippen molar-refractivity contribution in [1.82, 2.24) is 16.0 Å². The molecule has 232 valence electrons. The Bertz CT molecular complexity index is 853. The van der Waals surface area contributed by atoms with Gasteiger partial charge in [-0.25, -0.2) is 0 Å². The number of aliphatic hydroxyl groups is 5. The van der Waals surface area contributed by atoms with Crippen LogP contribution in [0.1, 0.15) is 19.8 Å². The van der Waals surface area contributed by atoms with Gasteiger partial charge in [-0.2, -0.15) is 0 Å². The van der Waals surface area contributed by atoms with Crippen molar-refractivity contribution in [1.29, 1.82) is 0 Å². The highest BCUT2D eigenvalue weighted by molar-refractivity contribution is 5.81. The molecule has 1 aliphatic carbocycles. The number of carbonyl (C=O) groups is 1. The highest BCUT2D eigenvalue weighted by Crippen LogP contribution is 2.32. The first-order chi connectivity index (χ1) is 18.9. The summed E-state index contributed by atoms with van der Waals surface area (Å²) >= 11 is 0. The molecule has 0 bridgehead atoms. The number of amides is 1. The fourth-order valence-electron chi connectivity index (χ4n) is 5.20. The first-order valence-corrected chi connectivity index (χ1v) is 13.5. The summed E-state index contributed by atoms with van der Waals surface area (Å²) in [6.07, 6.45) is -6.58. The molecule has 1 saturated heterocycles. The molecule has 16 nitrogen and oxygen atoms in total. The molecule has 12 atom stereocenters. The van der Waals surface area contributed by atoms with Crippen LogP contribution in [0.2, 0.25) is 0 Å². The Kier molecular flexibility index (Phi) is 12.0. The lowest BCUT2D eigenvalue weighted by Crippen LogP contribution is -2.69. The minimum Gasteiger partial charge on any atom is -0.467 e. The van der Waals surface area contributed by atoms with Crippen LogP contribution < -0.4 is 33.2 Å². The zero-order valence-electron chi connectivity index (χ0n) is 22.9. The van der Waals surface area contributed by atoms with Gasteiger partial charge in [-0.1, -0.05) is 0 Å². The van der Waals surface area contributed by atoms with Gasteiger partial charge in [0.2, 0.25) is 12.2 Å². The van der Waals surface area contributed by atoms with Gasteiger partial charge < -0.3 is 77.6 Å². The van der Waals surface area contributed by atoms with Crippen LogP contribution >= 0.6 is 0 Å². The fourth-order valence-corrected chi connectivity index (χ4v) is 5.20. The monoisotopic (exact) mass is 578 g/mol. The third-order valence-corrected chi connectivity index (χ3v) is 7.42. The van der Waals surface area contributed by atoms with Gasteiger partial charge >= 0.3 is 0 Å². The van der Waals surface area contributed by atoms with Crippen molar-refractivity contribution in [3.05, 3.63) is 11.8 Å². The lowest BCUT2D eigenvalue weighted by molar-refractivity contribution is -0.304. The van der Waals surface area contributed by atoms with Crippen molar-refractivity contribution in [3.63, 3.8) is 0 Å². The number of ether oxygens (including phenoxy) is 4. The van der Waals surface area contributed by atoms with Crippen molar-refractivity contribution in [3.8, 4) is 0 Å². The van der Waals surface area contributed by atoms with Crippen molar-refractivity contribution in [2.75, 3.05) is 39.9 Å². The van der Waals surface area contributed by atoms with Crippen LogP contribution in [0.5, 0.6) is 0 Å². The minimum absolute atomic E-state index is 0.0384. The summed E-state index contributed by atoms with van der Waals surface area (Å²) in [7, 11) is 1.57. The van der Waals surface area contributed by atoms with Crippen LogP contribution in [-0.4, -0.2) is 144 Å². The Hall–Kier alpha value is -1.51. The molecule has 2 fully saturated rings. The van der Waals surface area contributed by atoms with E-state index in [9.17, 15) is 25.2 Å². The molecule has 0 aromatic heterocycles. The molecule has 16 heteroatoms. The van der Waals surface area contributed by atoms with Crippen molar-refractivity contribution >= 4 is 5.91 Å². The third kappa shape index (κ3) is 7.86. The van der Waals surface area contributed by atoms with Crippen molar-refractivity contribution in [2.24, 2.45) is 17.2 Å². The average molecular weight is 579 g/mol. The topological polar surface area (TPSA) is 269 Å². The Balaban J connectivity index is 1.79. The van der Waals surface area contributed by atoms with Gasteiger partial charge in [0.1, 0.15) is 41.9 Å². The lowest BCUT2D eigenvalue weighted by atomic mass is 9.83. The zero-order valence-corrected chi connectivity index (χ0v) is 22.9. The number of likely N-dealkylation sites (N-methyl/N-ethyl adjacent to an activating group) is 1. The molecule has 0 radical (unpaired) electrons. The molecule has 1 saturated carbocycles. The predicted octanol–water partition coefficient (Wildman–Crippen LogP) is -5.75. The smallest absolute Gasteiger partial charge is 0.250 e.